The van der Waals surface area contributed by atoms with E-state index in [9.17, 15) is 0 Å². The minimum Gasteiger partial charge on any atom is -0.496 e. The Bertz CT molecular complexity index is 301. The number of ether oxygens (including phenoxy) is 3. The molecular weight excluding hydrogens is 182 g/mol. The van der Waals surface area contributed by atoms with Crippen LogP contribution in [-0.2, 0) is 11.2 Å². The van der Waals surface area contributed by atoms with Gasteiger partial charge in [-0.25, -0.2) is 4.98 Å². The standard InChI is InChI=1S/C10H13NO3/c1-12-9-3-4-11-10(13-2)8(9)5-7-6-14-7/h3-4,7H,5-6H2,1-2H3. The monoisotopic (exact) mass is 195 g/mol. The summed E-state index contributed by atoms with van der Waals surface area (Å²) in [4.78, 5) is 4.13. The van der Waals surface area contributed by atoms with Crippen LogP contribution in [-0.4, -0.2) is 31.9 Å². The zero-order valence-electron chi connectivity index (χ0n) is 8.32. The van der Waals surface area contributed by atoms with Crippen LogP contribution in [0.3, 0.4) is 0 Å². The van der Waals surface area contributed by atoms with E-state index in [-0.39, 0.29) is 0 Å². The number of aromatic nitrogens is 1. The lowest BCUT2D eigenvalue weighted by atomic mass is 10.1. The Balaban J connectivity index is 2.29. The average molecular weight is 195 g/mol. The lowest BCUT2D eigenvalue weighted by molar-refractivity contribution is 0.361. The van der Waals surface area contributed by atoms with Crippen molar-refractivity contribution in [1.82, 2.24) is 4.98 Å². The summed E-state index contributed by atoms with van der Waals surface area (Å²) in [7, 11) is 3.26. The SMILES string of the molecule is COc1ccnc(OC)c1CC1CO1. The van der Waals surface area contributed by atoms with E-state index < -0.39 is 0 Å². The van der Waals surface area contributed by atoms with Crippen LogP contribution in [0.5, 0.6) is 11.6 Å². The number of nitrogens with zero attached hydrogens (tertiary/aromatic N) is 1. The Morgan fingerprint density at radius 2 is 2.29 bits per heavy atom. The van der Waals surface area contributed by atoms with E-state index in [0.29, 0.717) is 12.0 Å². The van der Waals surface area contributed by atoms with Crippen LogP contribution in [0.15, 0.2) is 12.3 Å². The van der Waals surface area contributed by atoms with Crippen molar-refractivity contribution in [3.63, 3.8) is 0 Å². The normalized spacial score (nSPS) is 19.1. The van der Waals surface area contributed by atoms with E-state index in [1.807, 2.05) is 6.07 Å². The van der Waals surface area contributed by atoms with Gasteiger partial charge < -0.3 is 14.2 Å². The molecule has 0 N–H and O–H groups in total. The molecule has 1 aliphatic rings. The van der Waals surface area contributed by atoms with Gasteiger partial charge in [0.2, 0.25) is 5.88 Å². The van der Waals surface area contributed by atoms with E-state index >= 15 is 0 Å². The number of methoxy groups -OCH3 is 2. The molecule has 4 heteroatoms. The van der Waals surface area contributed by atoms with Crippen LogP contribution >= 0.6 is 0 Å². The van der Waals surface area contributed by atoms with E-state index in [0.717, 1.165) is 24.3 Å². The quantitative estimate of drug-likeness (QED) is 0.673. The molecule has 1 fully saturated rings. The Labute approximate surface area is 82.8 Å². The maximum atomic E-state index is 5.24. The van der Waals surface area contributed by atoms with Crippen molar-refractivity contribution >= 4 is 0 Å². The Hall–Kier alpha value is -1.29. The summed E-state index contributed by atoms with van der Waals surface area (Å²) < 4.78 is 15.6. The second-order valence-electron chi connectivity index (χ2n) is 3.16. The third-order valence-electron chi connectivity index (χ3n) is 2.22. The first-order valence-electron chi connectivity index (χ1n) is 4.52. The molecule has 0 aromatic carbocycles. The number of rotatable bonds is 4. The third kappa shape index (κ3) is 1.80. The van der Waals surface area contributed by atoms with Crippen LogP contribution < -0.4 is 9.47 Å². The lowest BCUT2D eigenvalue weighted by Crippen LogP contribution is -2.02. The maximum absolute atomic E-state index is 5.24. The van der Waals surface area contributed by atoms with Crippen molar-refractivity contribution in [1.29, 1.82) is 0 Å². The summed E-state index contributed by atoms with van der Waals surface area (Å²) >= 11 is 0. The van der Waals surface area contributed by atoms with Crippen molar-refractivity contribution in [3.8, 4) is 11.6 Å². The Morgan fingerprint density at radius 3 is 2.86 bits per heavy atom. The van der Waals surface area contributed by atoms with Crippen molar-refractivity contribution in [3.05, 3.63) is 17.8 Å². The second kappa shape index (κ2) is 3.84. The fraction of sp³-hybridized carbons (Fsp3) is 0.500. The summed E-state index contributed by atoms with van der Waals surface area (Å²) in [6.07, 6.45) is 2.79. The molecule has 1 aliphatic heterocycles. The Morgan fingerprint density at radius 1 is 1.50 bits per heavy atom. The first-order chi connectivity index (χ1) is 6.85. The minimum absolute atomic E-state index is 0.307. The van der Waals surface area contributed by atoms with Crippen LogP contribution in [0.2, 0.25) is 0 Å². The van der Waals surface area contributed by atoms with Gasteiger partial charge in [-0.3, -0.25) is 0 Å². The van der Waals surface area contributed by atoms with Gasteiger partial charge in [0, 0.05) is 12.6 Å². The molecule has 0 radical (unpaired) electrons. The summed E-state index contributed by atoms with van der Waals surface area (Å²) in [5.41, 5.74) is 0.986. The van der Waals surface area contributed by atoms with Gasteiger partial charge >= 0.3 is 0 Å². The van der Waals surface area contributed by atoms with Crippen molar-refractivity contribution in [2.45, 2.75) is 12.5 Å². The highest BCUT2D eigenvalue weighted by Gasteiger charge is 2.26. The van der Waals surface area contributed by atoms with Crippen molar-refractivity contribution in [2.75, 3.05) is 20.8 Å². The lowest BCUT2D eigenvalue weighted by Gasteiger charge is -2.10. The molecule has 2 heterocycles. The molecule has 1 saturated heterocycles. The number of hydrogen-bond donors (Lipinski definition) is 0. The molecule has 76 valence electrons. The summed E-state index contributed by atoms with van der Waals surface area (Å²) in [6.45, 7) is 0.821. The van der Waals surface area contributed by atoms with Crippen LogP contribution in [0.1, 0.15) is 5.56 Å². The molecule has 1 aromatic heterocycles. The predicted molar refractivity (Wildman–Crippen MR) is 50.8 cm³/mol. The highest BCUT2D eigenvalue weighted by molar-refractivity contribution is 5.40. The molecule has 2 rings (SSSR count). The van der Waals surface area contributed by atoms with Crippen LogP contribution in [0.25, 0.3) is 0 Å². The summed E-state index contributed by atoms with van der Waals surface area (Å²) in [5.74, 6) is 1.44. The highest BCUT2D eigenvalue weighted by Crippen LogP contribution is 2.30. The van der Waals surface area contributed by atoms with Crippen molar-refractivity contribution in [2.24, 2.45) is 0 Å². The van der Waals surface area contributed by atoms with Gasteiger partial charge in [-0.2, -0.15) is 0 Å². The molecule has 14 heavy (non-hydrogen) atoms. The minimum atomic E-state index is 0.307. The smallest absolute Gasteiger partial charge is 0.220 e. The van der Waals surface area contributed by atoms with E-state index in [2.05, 4.69) is 4.98 Å². The molecule has 0 bridgehead atoms. The average Bonchev–Trinajstić information content (AvgIpc) is 3.02. The first kappa shape index (κ1) is 9.27. The number of hydrogen-bond acceptors (Lipinski definition) is 4. The predicted octanol–water partition coefficient (Wildman–Crippen LogP) is 1.04. The summed E-state index contributed by atoms with van der Waals surface area (Å²) in [6, 6.07) is 1.83. The second-order valence-corrected chi connectivity index (χ2v) is 3.16. The molecule has 0 aliphatic carbocycles. The molecule has 0 amide bonds. The van der Waals surface area contributed by atoms with Gasteiger partial charge in [0.05, 0.1) is 32.5 Å². The fourth-order valence-electron chi connectivity index (χ4n) is 1.43. The zero-order chi connectivity index (χ0) is 9.97. The highest BCUT2D eigenvalue weighted by atomic mass is 16.6. The first-order valence-corrected chi connectivity index (χ1v) is 4.52. The summed E-state index contributed by atoms with van der Waals surface area (Å²) in [5, 5.41) is 0. The fourth-order valence-corrected chi connectivity index (χ4v) is 1.43. The van der Waals surface area contributed by atoms with Gasteiger partial charge in [-0.1, -0.05) is 0 Å². The molecule has 0 spiro atoms. The zero-order valence-corrected chi connectivity index (χ0v) is 8.32. The molecular formula is C10H13NO3. The largest absolute Gasteiger partial charge is 0.496 e. The van der Waals surface area contributed by atoms with E-state index in [1.54, 1.807) is 20.4 Å². The number of pyridine rings is 1. The van der Waals surface area contributed by atoms with Gasteiger partial charge in [0.25, 0.3) is 0 Å². The molecule has 1 unspecified atom stereocenters. The number of epoxide rings is 1. The van der Waals surface area contributed by atoms with Gasteiger partial charge in [0.1, 0.15) is 5.75 Å². The third-order valence-corrected chi connectivity index (χ3v) is 2.22. The van der Waals surface area contributed by atoms with Crippen LogP contribution in [0.4, 0.5) is 0 Å². The molecule has 1 atom stereocenters. The van der Waals surface area contributed by atoms with E-state index in [1.165, 1.54) is 0 Å². The van der Waals surface area contributed by atoms with Crippen LogP contribution in [0, 0.1) is 0 Å². The molecule has 1 aromatic rings. The topological polar surface area (TPSA) is 43.9 Å². The molecule has 4 nitrogen and oxygen atoms in total. The van der Waals surface area contributed by atoms with Crippen molar-refractivity contribution < 1.29 is 14.2 Å². The molecule has 0 saturated carbocycles. The van der Waals surface area contributed by atoms with Gasteiger partial charge in [-0.05, 0) is 6.07 Å². The van der Waals surface area contributed by atoms with Gasteiger partial charge in [-0.15, -0.1) is 0 Å². The maximum Gasteiger partial charge on any atom is 0.220 e. The van der Waals surface area contributed by atoms with Gasteiger partial charge in [0.15, 0.2) is 0 Å². The Kier molecular flexibility index (Phi) is 2.54. The van der Waals surface area contributed by atoms with E-state index in [4.69, 9.17) is 14.2 Å².